The van der Waals surface area contributed by atoms with E-state index < -0.39 is 0 Å². The molecule has 1 N–H and O–H groups in total. The van der Waals surface area contributed by atoms with E-state index in [1.54, 1.807) is 6.07 Å². The summed E-state index contributed by atoms with van der Waals surface area (Å²) in [5.41, 5.74) is 1.74. The lowest BCUT2D eigenvalue weighted by atomic mass is 10.1. The number of halogens is 2. The third-order valence-electron chi connectivity index (χ3n) is 2.66. The average molecular weight is 324 g/mol. The molecule has 2 aromatic rings. The van der Waals surface area contributed by atoms with Gasteiger partial charge >= 0.3 is 0 Å². The number of nitrogens with one attached hydrogen (secondary N) is 1. The molecule has 1 aromatic carbocycles. The van der Waals surface area contributed by atoms with Gasteiger partial charge in [-0.2, -0.15) is 0 Å². The first kappa shape index (κ1) is 13.9. The highest BCUT2D eigenvalue weighted by atomic mass is 79.9. The monoisotopic (exact) mass is 323 g/mol. The van der Waals surface area contributed by atoms with E-state index in [9.17, 15) is 4.39 Å². The second-order valence-corrected chi connectivity index (χ2v) is 5.02. The Morgan fingerprint density at radius 1 is 1.32 bits per heavy atom. The van der Waals surface area contributed by atoms with Gasteiger partial charge in [0, 0.05) is 13.0 Å². The van der Waals surface area contributed by atoms with Crippen LogP contribution in [0.5, 0.6) is 0 Å². The number of anilines is 1. The summed E-state index contributed by atoms with van der Waals surface area (Å²) >= 11 is 3.46. The van der Waals surface area contributed by atoms with Gasteiger partial charge < -0.3 is 5.32 Å². The number of rotatable bonds is 4. The second-order valence-electron chi connectivity index (χ2n) is 4.22. The van der Waals surface area contributed by atoms with Gasteiger partial charge in [0.15, 0.2) is 0 Å². The van der Waals surface area contributed by atoms with E-state index in [1.807, 2.05) is 19.9 Å². The van der Waals surface area contributed by atoms with Crippen LogP contribution in [0.15, 0.2) is 28.7 Å². The fourth-order valence-corrected chi connectivity index (χ4v) is 2.13. The van der Waals surface area contributed by atoms with Crippen molar-refractivity contribution in [1.29, 1.82) is 0 Å². The number of hydrogen-bond donors (Lipinski definition) is 1. The lowest BCUT2D eigenvalue weighted by Gasteiger charge is -2.10. The average Bonchev–Trinajstić information content (AvgIpc) is 2.35. The van der Waals surface area contributed by atoms with Gasteiger partial charge in [0.05, 0.1) is 10.2 Å². The minimum Gasteiger partial charge on any atom is -0.369 e. The molecule has 3 nitrogen and oxygen atoms in total. The van der Waals surface area contributed by atoms with E-state index in [4.69, 9.17) is 0 Å². The van der Waals surface area contributed by atoms with Crippen LogP contribution < -0.4 is 5.32 Å². The molecular formula is C14H15BrFN3. The Hall–Kier alpha value is -1.49. The quantitative estimate of drug-likeness (QED) is 0.932. The molecule has 1 aromatic heterocycles. The van der Waals surface area contributed by atoms with Crippen LogP contribution in [-0.2, 0) is 6.42 Å². The van der Waals surface area contributed by atoms with E-state index in [2.05, 4.69) is 31.2 Å². The zero-order valence-corrected chi connectivity index (χ0v) is 12.5. The van der Waals surface area contributed by atoms with Crippen LogP contribution in [0.2, 0.25) is 0 Å². The first-order valence-corrected chi connectivity index (χ1v) is 6.90. The lowest BCUT2D eigenvalue weighted by Crippen LogP contribution is -2.07. The molecule has 100 valence electrons. The van der Waals surface area contributed by atoms with Crippen molar-refractivity contribution in [1.82, 2.24) is 9.97 Å². The van der Waals surface area contributed by atoms with Crippen LogP contribution in [-0.4, -0.2) is 16.5 Å². The van der Waals surface area contributed by atoms with Gasteiger partial charge in [-0.15, -0.1) is 0 Å². The van der Waals surface area contributed by atoms with Crippen molar-refractivity contribution in [3.05, 3.63) is 51.6 Å². The Morgan fingerprint density at radius 3 is 2.79 bits per heavy atom. The first-order chi connectivity index (χ1) is 9.10. The van der Waals surface area contributed by atoms with Crippen molar-refractivity contribution in [2.24, 2.45) is 0 Å². The van der Waals surface area contributed by atoms with Crippen molar-refractivity contribution in [2.45, 2.75) is 20.3 Å². The highest BCUT2D eigenvalue weighted by molar-refractivity contribution is 9.10. The molecule has 0 atom stereocenters. The predicted molar refractivity (Wildman–Crippen MR) is 77.8 cm³/mol. The smallest absolute Gasteiger partial charge is 0.144 e. The highest BCUT2D eigenvalue weighted by Gasteiger charge is 2.09. The summed E-state index contributed by atoms with van der Waals surface area (Å²) in [6, 6.07) is 6.51. The normalized spacial score (nSPS) is 10.5. The molecule has 0 aliphatic heterocycles. The number of aromatic nitrogens is 2. The zero-order chi connectivity index (χ0) is 13.8. The molecule has 0 spiro atoms. The Morgan fingerprint density at radius 2 is 2.11 bits per heavy atom. The minimum absolute atomic E-state index is 0.238. The summed E-state index contributed by atoms with van der Waals surface area (Å²) in [6.07, 6.45) is 0.518. The van der Waals surface area contributed by atoms with Crippen LogP contribution in [0.3, 0.4) is 0 Å². The molecule has 1 heterocycles. The standard InChI is InChI=1S/C14H15BrFN3/c1-3-17-14-13(15)9(2)18-12(19-14)8-10-5-4-6-11(16)7-10/h4-7H,3,8H2,1-2H3,(H,17,18,19). The zero-order valence-electron chi connectivity index (χ0n) is 10.9. The summed E-state index contributed by atoms with van der Waals surface area (Å²) in [4.78, 5) is 8.88. The van der Waals surface area contributed by atoms with Crippen LogP contribution in [0, 0.1) is 12.7 Å². The molecule has 2 rings (SSSR count). The fraction of sp³-hybridized carbons (Fsp3) is 0.286. The largest absolute Gasteiger partial charge is 0.369 e. The number of aryl methyl sites for hydroxylation is 1. The molecule has 0 unspecified atom stereocenters. The first-order valence-electron chi connectivity index (χ1n) is 6.11. The molecule has 0 bridgehead atoms. The Labute approximate surface area is 120 Å². The molecule has 0 radical (unpaired) electrons. The lowest BCUT2D eigenvalue weighted by molar-refractivity contribution is 0.625. The number of benzene rings is 1. The second kappa shape index (κ2) is 6.10. The van der Waals surface area contributed by atoms with Gasteiger partial charge in [-0.3, -0.25) is 0 Å². The maximum atomic E-state index is 13.2. The molecule has 0 aliphatic rings. The maximum absolute atomic E-state index is 13.2. The predicted octanol–water partition coefficient (Wildman–Crippen LogP) is 3.71. The van der Waals surface area contributed by atoms with Crippen molar-refractivity contribution < 1.29 is 4.39 Å². The Bertz CT molecular complexity index is 587. The van der Waals surface area contributed by atoms with Crippen LogP contribution in [0.1, 0.15) is 24.0 Å². The van der Waals surface area contributed by atoms with Crippen molar-refractivity contribution in [3.8, 4) is 0 Å². The molecule has 0 amide bonds. The molecular weight excluding hydrogens is 309 g/mol. The Balaban J connectivity index is 2.30. The molecule has 0 saturated heterocycles. The summed E-state index contributed by atoms with van der Waals surface area (Å²) < 4.78 is 14.0. The maximum Gasteiger partial charge on any atom is 0.144 e. The van der Waals surface area contributed by atoms with Crippen molar-refractivity contribution in [2.75, 3.05) is 11.9 Å². The number of hydrogen-bond acceptors (Lipinski definition) is 3. The van der Waals surface area contributed by atoms with E-state index in [0.717, 1.165) is 28.1 Å². The van der Waals surface area contributed by atoms with E-state index in [0.29, 0.717) is 12.2 Å². The van der Waals surface area contributed by atoms with E-state index in [-0.39, 0.29) is 5.82 Å². The van der Waals surface area contributed by atoms with Crippen LogP contribution >= 0.6 is 15.9 Å². The molecule has 0 fully saturated rings. The highest BCUT2D eigenvalue weighted by Crippen LogP contribution is 2.23. The fourth-order valence-electron chi connectivity index (χ4n) is 1.81. The van der Waals surface area contributed by atoms with Gasteiger partial charge in [0.25, 0.3) is 0 Å². The molecule has 0 saturated carbocycles. The Kier molecular flexibility index (Phi) is 4.47. The van der Waals surface area contributed by atoms with Gasteiger partial charge in [-0.1, -0.05) is 12.1 Å². The van der Waals surface area contributed by atoms with Crippen molar-refractivity contribution >= 4 is 21.7 Å². The van der Waals surface area contributed by atoms with Gasteiger partial charge in [-0.05, 0) is 47.5 Å². The van der Waals surface area contributed by atoms with E-state index >= 15 is 0 Å². The van der Waals surface area contributed by atoms with Gasteiger partial charge in [-0.25, -0.2) is 14.4 Å². The number of nitrogens with zero attached hydrogens (tertiary/aromatic N) is 2. The van der Waals surface area contributed by atoms with Crippen LogP contribution in [0.25, 0.3) is 0 Å². The summed E-state index contributed by atoms with van der Waals surface area (Å²) in [5.74, 6) is 1.22. The van der Waals surface area contributed by atoms with Crippen molar-refractivity contribution in [3.63, 3.8) is 0 Å². The third-order valence-corrected chi connectivity index (χ3v) is 3.61. The topological polar surface area (TPSA) is 37.8 Å². The summed E-state index contributed by atoms with van der Waals surface area (Å²) in [7, 11) is 0. The van der Waals surface area contributed by atoms with Crippen LogP contribution in [0.4, 0.5) is 10.2 Å². The van der Waals surface area contributed by atoms with E-state index in [1.165, 1.54) is 12.1 Å². The molecule has 19 heavy (non-hydrogen) atoms. The molecule has 5 heteroatoms. The van der Waals surface area contributed by atoms with Gasteiger partial charge in [0.2, 0.25) is 0 Å². The molecule has 0 aliphatic carbocycles. The SMILES string of the molecule is CCNc1nc(Cc2cccc(F)c2)nc(C)c1Br. The third kappa shape index (κ3) is 3.50. The summed E-state index contributed by atoms with van der Waals surface area (Å²) in [5, 5.41) is 3.18. The summed E-state index contributed by atoms with van der Waals surface area (Å²) in [6.45, 7) is 4.71. The van der Waals surface area contributed by atoms with Gasteiger partial charge in [0.1, 0.15) is 17.5 Å². The minimum atomic E-state index is -0.238.